The first-order chi connectivity index (χ1) is 14.7. The van der Waals surface area contributed by atoms with Gasteiger partial charge in [0, 0.05) is 31.1 Å². The second-order valence-electron chi connectivity index (χ2n) is 12.4. The molecule has 2 saturated heterocycles. The maximum Gasteiger partial charge on any atom is 0.169 e. The van der Waals surface area contributed by atoms with Crippen LogP contribution in [-0.4, -0.2) is 43.8 Å². The van der Waals surface area contributed by atoms with Gasteiger partial charge in [0.25, 0.3) is 0 Å². The van der Waals surface area contributed by atoms with E-state index in [9.17, 15) is 4.79 Å². The lowest BCUT2D eigenvalue weighted by atomic mass is 9.41. The van der Waals surface area contributed by atoms with Crippen LogP contribution in [0.2, 0.25) is 0 Å². The summed E-state index contributed by atoms with van der Waals surface area (Å²) in [6, 6.07) is 0. The molecule has 5 heteroatoms. The van der Waals surface area contributed by atoms with Gasteiger partial charge < -0.3 is 18.9 Å². The molecule has 8 atom stereocenters. The minimum atomic E-state index is -0.478. The molecule has 0 amide bonds. The molecule has 0 N–H and O–H groups in total. The largest absolute Gasteiger partial charge is 0.348 e. The van der Waals surface area contributed by atoms with Crippen LogP contribution in [0, 0.1) is 46.3 Å². The number of carbonyl (C=O) groups is 1. The zero-order valence-electron chi connectivity index (χ0n) is 19.8. The molecule has 0 bridgehead atoms. The van der Waals surface area contributed by atoms with Crippen molar-refractivity contribution in [1.29, 1.82) is 0 Å². The van der Waals surface area contributed by atoms with Crippen molar-refractivity contribution in [2.45, 2.75) is 84.2 Å². The first kappa shape index (κ1) is 21.1. The third-order valence-corrected chi connectivity index (χ3v) is 11.0. The number of ether oxygens (including phenoxy) is 4. The van der Waals surface area contributed by atoms with Crippen LogP contribution in [0.4, 0.5) is 0 Å². The first-order valence-corrected chi connectivity index (χ1v) is 12.8. The number of carbonyl (C=O) groups excluding carboxylic acids is 1. The van der Waals surface area contributed by atoms with Gasteiger partial charge in [0.15, 0.2) is 11.6 Å². The highest BCUT2D eigenvalue weighted by atomic mass is 16.7. The summed E-state index contributed by atoms with van der Waals surface area (Å²) in [6.45, 7) is 12.3. The summed E-state index contributed by atoms with van der Waals surface area (Å²) in [7, 11) is 0. The summed E-state index contributed by atoms with van der Waals surface area (Å²) in [6.07, 6.45) is 7.14. The minimum Gasteiger partial charge on any atom is -0.348 e. The average Bonchev–Trinajstić information content (AvgIpc) is 3.42. The molecule has 4 unspecified atom stereocenters. The SMILES string of the molecule is C[C@@H]1C[C@@]2(C)C(CCC2C2(C)OCCO2)C2C(=O)C[C@@H]3CC4(CC[C@]3(C)C21)OCCO4. The van der Waals surface area contributed by atoms with Gasteiger partial charge in [0.1, 0.15) is 5.78 Å². The fraction of sp³-hybridized carbons (Fsp3) is 0.962. The van der Waals surface area contributed by atoms with Crippen LogP contribution in [0.5, 0.6) is 0 Å². The van der Waals surface area contributed by atoms with Gasteiger partial charge in [-0.1, -0.05) is 20.8 Å². The lowest BCUT2D eigenvalue weighted by molar-refractivity contribution is -0.242. The van der Waals surface area contributed by atoms with Crippen molar-refractivity contribution in [1.82, 2.24) is 0 Å². The molecule has 0 radical (unpaired) electrons. The molecule has 1 spiro atoms. The summed E-state index contributed by atoms with van der Waals surface area (Å²) in [5.41, 5.74) is 0.328. The van der Waals surface area contributed by atoms with Crippen LogP contribution in [0.1, 0.15) is 72.6 Å². The summed E-state index contributed by atoms with van der Waals surface area (Å²) in [5.74, 6) is 2.07. The minimum absolute atomic E-state index is 0.117. The molecule has 174 valence electrons. The fourth-order valence-corrected chi connectivity index (χ4v) is 9.91. The van der Waals surface area contributed by atoms with Crippen LogP contribution < -0.4 is 0 Å². The number of hydrogen-bond acceptors (Lipinski definition) is 5. The molecule has 6 aliphatic rings. The lowest BCUT2D eigenvalue weighted by Gasteiger charge is -2.63. The number of hydrogen-bond donors (Lipinski definition) is 0. The smallest absolute Gasteiger partial charge is 0.169 e. The quantitative estimate of drug-likeness (QED) is 0.607. The highest BCUT2D eigenvalue weighted by Gasteiger charge is 2.68. The van der Waals surface area contributed by atoms with Gasteiger partial charge in [-0.3, -0.25) is 4.79 Å². The Morgan fingerprint density at radius 2 is 1.52 bits per heavy atom. The number of fused-ring (bicyclic) bond motifs is 5. The molecule has 4 saturated carbocycles. The van der Waals surface area contributed by atoms with Crippen LogP contribution in [-0.2, 0) is 23.7 Å². The van der Waals surface area contributed by atoms with E-state index in [0.29, 0.717) is 68.2 Å². The summed E-state index contributed by atoms with van der Waals surface area (Å²) in [4.78, 5) is 13.8. The molecule has 2 aliphatic heterocycles. The van der Waals surface area contributed by atoms with Gasteiger partial charge in [-0.2, -0.15) is 0 Å². The van der Waals surface area contributed by atoms with Crippen molar-refractivity contribution in [2.75, 3.05) is 26.4 Å². The molecule has 31 heavy (non-hydrogen) atoms. The second kappa shape index (κ2) is 6.77. The Hall–Kier alpha value is -0.490. The van der Waals surface area contributed by atoms with E-state index in [2.05, 4.69) is 27.7 Å². The van der Waals surface area contributed by atoms with E-state index in [1.54, 1.807) is 0 Å². The van der Waals surface area contributed by atoms with Crippen molar-refractivity contribution < 1.29 is 23.7 Å². The Morgan fingerprint density at radius 3 is 2.23 bits per heavy atom. The second-order valence-corrected chi connectivity index (χ2v) is 12.4. The van der Waals surface area contributed by atoms with Crippen molar-refractivity contribution >= 4 is 5.78 Å². The zero-order valence-corrected chi connectivity index (χ0v) is 19.8. The van der Waals surface area contributed by atoms with E-state index in [-0.39, 0.29) is 16.7 Å². The maximum atomic E-state index is 13.8. The summed E-state index contributed by atoms with van der Waals surface area (Å²) in [5, 5.41) is 0. The summed E-state index contributed by atoms with van der Waals surface area (Å²) < 4.78 is 24.5. The number of Topliss-reactive ketones (excluding diaryl/α,β-unsaturated/α-hetero) is 1. The maximum absolute atomic E-state index is 13.8. The number of rotatable bonds is 1. The third kappa shape index (κ3) is 2.79. The van der Waals surface area contributed by atoms with Gasteiger partial charge in [-0.05, 0) is 67.1 Å². The molecular formula is C26H40O5. The van der Waals surface area contributed by atoms with Crippen LogP contribution >= 0.6 is 0 Å². The standard InChI is InChI=1S/C26H40O5/c1-16-14-24(3)18(5-6-20(24)25(4)28-9-10-29-25)21-19(27)13-17-15-26(30-11-12-31-26)8-7-23(17,2)22(16)21/h16-18,20-22H,5-15H2,1-4H3/t16-,17-,18?,20?,21?,22?,23+,24+/m1/s1. The number of ketones is 1. The Kier molecular flexibility index (Phi) is 4.60. The molecule has 0 aromatic heterocycles. The predicted octanol–water partition coefficient (Wildman–Crippen LogP) is 4.58. The average molecular weight is 433 g/mol. The Labute approximate surface area is 186 Å². The molecular weight excluding hydrogens is 392 g/mol. The van der Waals surface area contributed by atoms with Gasteiger partial charge >= 0.3 is 0 Å². The van der Waals surface area contributed by atoms with Crippen molar-refractivity contribution in [2.24, 2.45) is 46.3 Å². The fourth-order valence-electron chi connectivity index (χ4n) is 9.91. The Balaban J connectivity index is 1.33. The molecule has 0 aromatic rings. The van der Waals surface area contributed by atoms with Gasteiger partial charge in [0.05, 0.1) is 26.4 Å². The molecule has 4 aliphatic carbocycles. The highest BCUT2D eigenvalue weighted by Crippen LogP contribution is 2.70. The molecule has 2 heterocycles. The Morgan fingerprint density at radius 1 is 0.839 bits per heavy atom. The molecule has 0 aromatic carbocycles. The van der Waals surface area contributed by atoms with Crippen LogP contribution in [0.15, 0.2) is 0 Å². The summed E-state index contributed by atoms with van der Waals surface area (Å²) >= 11 is 0. The van der Waals surface area contributed by atoms with E-state index in [1.165, 1.54) is 6.42 Å². The van der Waals surface area contributed by atoms with E-state index < -0.39 is 11.6 Å². The molecule has 5 nitrogen and oxygen atoms in total. The van der Waals surface area contributed by atoms with Crippen molar-refractivity contribution in [3.63, 3.8) is 0 Å². The topological polar surface area (TPSA) is 54.0 Å². The van der Waals surface area contributed by atoms with E-state index in [0.717, 1.165) is 32.1 Å². The first-order valence-electron chi connectivity index (χ1n) is 12.8. The van der Waals surface area contributed by atoms with Crippen LogP contribution in [0.25, 0.3) is 0 Å². The van der Waals surface area contributed by atoms with Gasteiger partial charge in [0.2, 0.25) is 0 Å². The Bertz CT molecular complexity index is 753. The van der Waals surface area contributed by atoms with Crippen LogP contribution in [0.3, 0.4) is 0 Å². The highest BCUT2D eigenvalue weighted by molar-refractivity contribution is 5.83. The van der Waals surface area contributed by atoms with E-state index >= 15 is 0 Å². The third-order valence-electron chi connectivity index (χ3n) is 11.0. The normalized spacial score (nSPS) is 52.7. The van der Waals surface area contributed by atoms with Crippen molar-refractivity contribution in [3.8, 4) is 0 Å². The molecule has 6 rings (SSSR count). The monoisotopic (exact) mass is 432 g/mol. The van der Waals surface area contributed by atoms with Gasteiger partial charge in [-0.25, -0.2) is 0 Å². The van der Waals surface area contributed by atoms with E-state index in [4.69, 9.17) is 18.9 Å². The van der Waals surface area contributed by atoms with E-state index in [1.807, 2.05) is 0 Å². The van der Waals surface area contributed by atoms with Gasteiger partial charge in [-0.15, -0.1) is 0 Å². The predicted molar refractivity (Wildman–Crippen MR) is 115 cm³/mol. The zero-order chi connectivity index (χ0) is 21.6. The lowest BCUT2D eigenvalue weighted by Crippen LogP contribution is -2.62. The molecule has 6 fully saturated rings. The van der Waals surface area contributed by atoms with Crippen molar-refractivity contribution in [3.05, 3.63) is 0 Å².